The van der Waals surface area contributed by atoms with Gasteiger partial charge in [-0.05, 0) is 36.6 Å². The fourth-order valence-electron chi connectivity index (χ4n) is 2.15. The van der Waals surface area contributed by atoms with Crippen LogP contribution in [0, 0.1) is 13.8 Å². The molecule has 0 spiro atoms. The molecule has 0 radical (unpaired) electrons. The van der Waals surface area contributed by atoms with E-state index in [2.05, 4.69) is 5.32 Å². The topological polar surface area (TPSA) is 49.4 Å². The van der Waals surface area contributed by atoms with E-state index in [4.69, 9.17) is 0 Å². The van der Waals surface area contributed by atoms with Crippen molar-refractivity contribution >= 4 is 17.5 Å². The maximum absolute atomic E-state index is 12.2. The summed E-state index contributed by atoms with van der Waals surface area (Å²) in [5, 5.41) is 2.69. The number of nitrogens with one attached hydrogen (secondary N) is 1. The van der Waals surface area contributed by atoms with Crippen LogP contribution in [0.2, 0.25) is 0 Å². The van der Waals surface area contributed by atoms with Crippen LogP contribution in [0.4, 0.5) is 5.69 Å². The molecule has 0 heterocycles. The minimum absolute atomic E-state index is 0.403. The third-order valence-corrected chi connectivity index (χ3v) is 3.44. The van der Waals surface area contributed by atoms with Gasteiger partial charge in [-0.25, -0.2) is 0 Å². The normalized spacial score (nSPS) is 10.1. The Bertz CT molecular complexity index is 681. The van der Waals surface area contributed by atoms with E-state index in [0.29, 0.717) is 12.2 Å². The maximum Gasteiger partial charge on any atom is 0.313 e. The van der Waals surface area contributed by atoms with Crippen LogP contribution in [0.25, 0.3) is 0 Å². The number of aryl methyl sites for hydroxylation is 2. The second-order valence-electron chi connectivity index (χ2n) is 5.42. The highest BCUT2D eigenvalue weighted by Crippen LogP contribution is 2.16. The smallest absolute Gasteiger partial charge is 0.313 e. The van der Waals surface area contributed by atoms with Crippen molar-refractivity contribution in [3.63, 3.8) is 0 Å². The summed E-state index contributed by atoms with van der Waals surface area (Å²) in [5.41, 5.74) is 3.62. The zero-order chi connectivity index (χ0) is 16.1. The van der Waals surface area contributed by atoms with Crippen LogP contribution >= 0.6 is 0 Å². The number of hydrogen-bond donors (Lipinski definition) is 1. The average Bonchev–Trinajstić information content (AvgIpc) is 2.51. The first kappa shape index (κ1) is 15.8. The summed E-state index contributed by atoms with van der Waals surface area (Å²) in [6.07, 6.45) is 0. The van der Waals surface area contributed by atoms with Crippen LogP contribution in [-0.2, 0) is 16.1 Å². The molecule has 0 bridgehead atoms. The molecule has 0 saturated carbocycles. The van der Waals surface area contributed by atoms with E-state index in [1.165, 1.54) is 4.90 Å². The zero-order valence-corrected chi connectivity index (χ0v) is 13.1. The van der Waals surface area contributed by atoms with E-state index in [0.717, 1.165) is 16.7 Å². The number of amides is 2. The third kappa shape index (κ3) is 3.95. The van der Waals surface area contributed by atoms with E-state index in [1.54, 1.807) is 7.05 Å². The summed E-state index contributed by atoms with van der Waals surface area (Å²) in [6.45, 7) is 4.24. The fourth-order valence-corrected chi connectivity index (χ4v) is 2.15. The van der Waals surface area contributed by atoms with Crippen molar-refractivity contribution in [1.82, 2.24) is 4.90 Å². The van der Waals surface area contributed by atoms with Gasteiger partial charge >= 0.3 is 11.8 Å². The van der Waals surface area contributed by atoms with Gasteiger partial charge in [0, 0.05) is 19.3 Å². The Labute approximate surface area is 130 Å². The second-order valence-corrected chi connectivity index (χ2v) is 5.42. The van der Waals surface area contributed by atoms with Crippen molar-refractivity contribution in [2.75, 3.05) is 12.4 Å². The first-order valence-electron chi connectivity index (χ1n) is 7.15. The Kier molecular flexibility index (Phi) is 4.94. The molecule has 2 aromatic rings. The lowest BCUT2D eigenvalue weighted by Gasteiger charge is -2.17. The fraction of sp³-hybridized carbons (Fsp3) is 0.222. The molecule has 2 aromatic carbocycles. The van der Waals surface area contributed by atoms with Crippen molar-refractivity contribution < 1.29 is 9.59 Å². The number of rotatable bonds is 3. The van der Waals surface area contributed by atoms with Gasteiger partial charge in [0.1, 0.15) is 0 Å². The standard InChI is InChI=1S/C18H20N2O2/c1-13-9-10-14(2)16(11-13)19-17(21)18(22)20(3)12-15-7-5-4-6-8-15/h4-11H,12H2,1-3H3,(H,19,21). The van der Waals surface area contributed by atoms with E-state index < -0.39 is 11.8 Å². The van der Waals surface area contributed by atoms with Gasteiger partial charge in [0.2, 0.25) is 0 Å². The van der Waals surface area contributed by atoms with Crippen molar-refractivity contribution in [3.05, 3.63) is 65.2 Å². The van der Waals surface area contributed by atoms with Gasteiger partial charge in [-0.15, -0.1) is 0 Å². The molecular weight excluding hydrogens is 276 g/mol. The number of benzene rings is 2. The van der Waals surface area contributed by atoms with Crippen LogP contribution in [0.15, 0.2) is 48.5 Å². The van der Waals surface area contributed by atoms with Gasteiger partial charge < -0.3 is 10.2 Å². The quantitative estimate of drug-likeness (QED) is 0.885. The first-order chi connectivity index (χ1) is 10.5. The summed E-state index contributed by atoms with van der Waals surface area (Å²) in [5.74, 6) is -1.17. The summed E-state index contributed by atoms with van der Waals surface area (Å²) in [7, 11) is 1.62. The molecule has 0 aromatic heterocycles. The minimum Gasteiger partial charge on any atom is -0.333 e. The number of carbonyl (C=O) groups is 2. The minimum atomic E-state index is -0.618. The lowest BCUT2D eigenvalue weighted by molar-refractivity contribution is -0.142. The summed E-state index contributed by atoms with van der Waals surface area (Å²) < 4.78 is 0. The van der Waals surface area contributed by atoms with Gasteiger partial charge in [0.15, 0.2) is 0 Å². The predicted molar refractivity (Wildman–Crippen MR) is 87.5 cm³/mol. The lowest BCUT2D eigenvalue weighted by atomic mass is 10.1. The Morgan fingerprint density at radius 2 is 1.73 bits per heavy atom. The predicted octanol–water partition coefficient (Wildman–Crippen LogP) is 2.90. The molecule has 2 amide bonds. The SMILES string of the molecule is Cc1ccc(C)c(NC(=O)C(=O)N(C)Cc2ccccc2)c1. The number of nitrogens with zero attached hydrogens (tertiary/aromatic N) is 1. The monoisotopic (exact) mass is 296 g/mol. The van der Waals surface area contributed by atoms with Crippen molar-refractivity contribution in [1.29, 1.82) is 0 Å². The van der Waals surface area contributed by atoms with Gasteiger partial charge in [0.25, 0.3) is 0 Å². The third-order valence-electron chi connectivity index (χ3n) is 3.44. The van der Waals surface area contributed by atoms with Gasteiger partial charge in [-0.3, -0.25) is 9.59 Å². The molecule has 2 rings (SSSR count). The second kappa shape index (κ2) is 6.89. The summed E-state index contributed by atoms with van der Waals surface area (Å²) >= 11 is 0. The number of hydrogen-bond acceptors (Lipinski definition) is 2. The molecule has 4 nitrogen and oxygen atoms in total. The number of anilines is 1. The molecule has 114 valence electrons. The summed E-state index contributed by atoms with van der Waals surface area (Å²) in [4.78, 5) is 25.7. The average molecular weight is 296 g/mol. The largest absolute Gasteiger partial charge is 0.333 e. The molecule has 0 saturated heterocycles. The highest BCUT2D eigenvalue weighted by Gasteiger charge is 2.19. The van der Waals surface area contributed by atoms with E-state index in [9.17, 15) is 9.59 Å². The Balaban J connectivity index is 2.02. The highest BCUT2D eigenvalue weighted by molar-refractivity contribution is 6.39. The van der Waals surface area contributed by atoms with Crippen LogP contribution in [0.1, 0.15) is 16.7 Å². The summed E-state index contributed by atoms with van der Waals surface area (Å²) in [6, 6.07) is 15.3. The molecule has 0 atom stereocenters. The van der Waals surface area contributed by atoms with Gasteiger partial charge in [-0.1, -0.05) is 42.5 Å². The Morgan fingerprint density at radius 1 is 1.05 bits per heavy atom. The Hall–Kier alpha value is -2.62. The molecule has 0 fully saturated rings. The molecule has 0 aliphatic heterocycles. The van der Waals surface area contributed by atoms with Crippen LogP contribution in [-0.4, -0.2) is 23.8 Å². The zero-order valence-electron chi connectivity index (χ0n) is 13.1. The van der Waals surface area contributed by atoms with Crippen molar-refractivity contribution in [2.24, 2.45) is 0 Å². The van der Waals surface area contributed by atoms with Gasteiger partial charge in [-0.2, -0.15) is 0 Å². The van der Waals surface area contributed by atoms with Gasteiger partial charge in [0.05, 0.1) is 0 Å². The molecule has 0 aliphatic rings. The first-order valence-corrected chi connectivity index (χ1v) is 7.15. The van der Waals surface area contributed by atoms with E-state index in [1.807, 2.05) is 62.4 Å². The van der Waals surface area contributed by atoms with E-state index in [-0.39, 0.29) is 0 Å². The van der Waals surface area contributed by atoms with Crippen LogP contribution < -0.4 is 5.32 Å². The highest BCUT2D eigenvalue weighted by atomic mass is 16.2. The molecule has 1 N–H and O–H groups in total. The molecular formula is C18H20N2O2. The van der Waals surface area contributed by atoms with Crippen LogP contribution in [0.5, 0.6) is 0 Å². The Morgan fingerprint density at radius 3 is 2.41 bits per heavy atom. The van der Waals surface area contributed by atoms with Crippen molar-refractivity contribution in [3.8, 4) is 0 Å². The lowest BCUT2D eigenvalue weighted by Crippen LogP contribution is -2.36. The number of likely N-dealkylation sites (N-methyl/N-ethyl adjacent to an activating group) is 1. The number of carbonyl (C=O) groups excluding carboxylic acids is 2. The van der Waals surface area contributed by atoms with Crippen LogP contribution in [0.3, 0.4) is 0 Å². The molecule has 4 heteroatoms. The maximum atomic E-state index is 12.2. The molecule has 0 aliphatic carbocycles. The molecule has 22 heavy (non-hydrogen) atoms. The van der Waals surface area contributed by atoms with E-state index >= 15 is 0 Å². The molecule has 0 unspecified atom stereocenters. The van der Waals surface area contributed by atoms with Crippen molar-refractivity contribution in [2.45, 2.75) is 20.4 Å².